The van der Waals surface area contributed by atoms with Crippen molar-refractivity contribution in [3.05, 3.63) is 34.1 Å². The number of benzene rings is 1. The van der Waals surface area contributed by atoms with Gasteiger partial charge in [-0.2, -0.15) is 0 Å². The summed E-state index contributed by atoms with van der Waals surface area (Å²) in [5.41, 5.74) is 0.00967. The lowest BCUT2D eigenvalue weighted by Gasteiger charge is -2.12. The second kappa shape index (κ2) is 6.15. The zero-order valence-electron chi connectivity index (χ0n) is 9.77. The van der Waals surface area contributed by atoms with E-state index in [4.69, 9.17) is 4.74 Å². The molecule has 5 nitrogen and oxygen atoms in total. The quantitative estimate of drug-likeness (QED) is 0.614. The van der Waals surface area contributed by atoms with Gasteiger partial charge >= 0.3 is 0 Å². The Morgan fingerprint density at radius 3 is 2.88 bits per heavy atom. The minimum Gasteiger partial charge on any atom is -0.384 e. The minimum absolute atomic E-state index is 0.131. The van der Waals surface area contributed by atoms with Gasteiger partial charge in [0.2, 0.25) is 0 Å². The average molecular weight is 242 g/mol. The van der Waals surface area contributed by atoms with E-state index >= 15 is 0 Å². The first kappa shape index (κ1) is 13.4. The number of rotatable bonds is 6. The molecule has 1 unspecified atom stereocenters. The number of nitrogens with zero attached hydrogens (tertiary/aromatic N) is 1. The topological polar surface area (TPSA) is 64.4 Å². The molecule has 1 aromatic carbocycles. The summed E-state index contributed by atoms with van der Waals surface area (Å²) >= 11 is 0. The van der Waals surface area contributed by atoms with Crippen LogP contribution in [0.5, 0.6) is 0 Å². The Labute approximate surface area is 98.7 Å². The monoisotopic (exact) mass is 242 g/mol. The van der Waals surface area contributed by atoms with Gasteiger partial charge in [0.25, 0.3) is 5.69 Å². The summed E-state index contributed by atoms with van der Waals surface area (Å²) in [5.74, 6) is -0.307. The lowest BCUT2D eigenvalue weighted by atomic mass is 10.2. The maximum atomic E-state index is 13.4. The van der Waals surface area contributed by atoms with E-state index in [1.807, 2.05) is 6.92 Å². The first-order valence-electron chi connectivity index (χ1n) is 5.21. The van der Waals surface area contributed by atoms with Crippen LogP contribution in [0.25, 0.3) is 0 Å². The van der Waals surface area contributed by atoms with Crippen molar-refractivity contribution < 1.29 is 14.1 Å². The number of halogens is 1. The summed E-state index contributed by atoms with van der Waals surface area (Å²) in [4.78, 5) is 9.99. The summed E-state index contributed by atoms with van der Waals surface area (Å²) in [5, 5.41) is 13.4. The van der Waals surface area contributed by atoms with E-state index in [2.05, 4.69) is 5.32 Å². The number of nitro benzene ring substituents is 1. The maximum Gasteiger partial charge on any atom is 0.271 e. The SMILES string of the molecule is COCC(C)CNc1cc([N+](=O)[O-])ccc1F. The standard InChI is InChI=1S/C11H15FN2O3/c1-8(7-17-2)6-13-11-5-9(14(15)16)3-4-10(11)12/h3-5,8,13H,6-7H2,1-2H3. The third kappa shape index (κ3) is 3.99. The van der Waals surface area contributed by atoms with E-state index in [9.17, 15) is 14.5 Å². The molecule has 0 fully saturated rings. The normalized spacial score (nSPS) is 12.2. The van der Waals surface area contributed by atoms with Gasteiger partial charge in [-0.15, -0.1) is 0 Å². The van der Waals surface area contributed by atoms with E-state index in [0.717, 1.165) is 12.1 Å². The molecule has 1 aromatic rings. The Balaban J connectivity index is 2.69. The van der Waals surface area contributed by atoms with Gasteiger partial charge < -0.3 is 10.1 Å². The van der Waals surface area contributed by atoms with Gasteiger partial charge in [0.05, 0.1) is 17.2 Å². The maximum absolute atomic E-state index is 13.4. The Morgan fingerprint density at radius 2 is 2.29 bits per heavy atom. The van der Waals surface area contributed by atoms with Crippen LogP contribution >= 0.6 is 0 Å². The Bertz CT molecular complexity index is 398. The number of hydrogen-bond donors (Lipinski definition) is 1. The van der Waals surface area contributed by atoms with Gasteiger partial charge in [0.1, 0.15) is 5.82 Å². The molecular weight excluding hydrogens is 227 g/mol. The van der Waals surface area contributed by atoms with E-state index < -0.39 is 10.7 Å². The van der Waals surface area contributed by atoms with Crippen LogP contribution in [0.4, 0.5) is 15.8 Å². The molecule has 0 amide bonds. The molecule has 6 heteroatoms. The van der Waals surface area contributed by atoms with Crippen LogP contribution in [0, 0.1) is 21.8 Å². The van der Waals surface area contributed by atoms with Gasteiger partial charge in [-0.25, -0.2) is 4.39 Å². The average Bonchev–Trinajstić information content (AvgIpc) is 2.28. The molecule has 0 saturated carbocycles. The number of nitrogens with one attached hydrogen (secondary N) is 1. The largest absolute Gasteiger partial charge is 0.384 e. The van der Waals surface area contributed by atoms with Crippen molar-refractivity contribution in [1.29, 1.82) is 0 Å². The fraction of sp³-hybridized carbons (Fsp3) is 0.455. The van der Waals surface area contributed by atoms with Gasteiger partial charge in [0, 0.05) is 25.8 Å². The summed E-state index contributed by atoms with van der Waals surface area (Å²) in [6, 6.07) is 3.41. The van der Waals surface area contributed by atoms with Crippen LogP contribution in [-0.2, 0) is 4.74 Å². The molecule has 0 aliphatic heterocycles. The molecule has 0 spiro atoms. The second-order valence-corrected chi connectivity index (χ2v) is 3.86. The number of anilines is 1. The molecule has 0 aliphatic rings. The van der Waals surface area contributed by atoms with Gasteiger partial charge in [-0.05, 0) is 12.0 Å². The molecule has 0 saturated heterocycles. The summed E-state index contributed by atoms with van der Waals surface area (Å²) in [6.07, 6.45) is 0. The smallest absolute Gasteiger partial charge is 0.271 e. The van der Waals surface area contributed by atoms with Gasteiger partial charge in [0.15, 0.2) is 0 Å². The molecule has 1 atom stereocenters. The number of ether oxygens (including phenoxy) is 1. The molecule has 0 heterocycles. The molecule has 17 heavy (non-hydrogen) atoms. The van der Waals surface area contributed by atoms with Crippen molar-refractivity contribution in [1.82, 2.24) is 0 Å². The van der Waals surface area contributed by atoms with Gasteiger partial charge in [-0.3, -0.25) is 10.1 Å². The van der Waals surface area contributed by atoms with Crippen molar-refractivity contribution in [2.24, 2.45) is 5.92 Å². The van der Waals surface area contributed by atoms with E-state index in [1.54, 1.807) is 7.11 Å². The highest BCUT2D eigenvalue weighted by Gasteiger charge is 2.11. The summed E-state index contributed by atoms with van der Waals surface area (Å²) in [6.45, 7) is 2.97. The van der Waals surface area contributed by atoms with Crippen LogP contribution in [0.3, 0.4) is 0 Å². The zero-order chi connectivity index (χ0) is 12.8. The molecule has 0 bridgehead atoms. The Morgan fingerprint density at radius 1 is 1.59 bits per heavy atom. The first-order valence-corrected chi connectivity index (χ1v) is 5.21. The number of nitro groups is 1. The number of methoxy groups -OCH3 is 1. The lowest BCUT2D eigenvalue weighted by Crippen LogP contribution is -2.16. The molecule has 94 valence electrons. The lowest BCUT2D eigenvalue weighted by molar-refractivity contribution is -0.384. The fourth-order valence-corrected chi connectivity index (χ4v) is 1.39. The predicted molar refractivity (Wildman–Crippen MR) is 62.6 cm³/mol. The van der Waals surface area contributed by atoms with Crippen molar-refractivity contribution in [3.8, 4) is 0 Å². The van der Waals surface area contributed by atoms with E-state index in [-0.39, 0.29) is 17.3 Å². The Kier molecular flexibility index (Phi) is 4.84. The van der Waals surface area contributed by atoms with Crippen LogP contribution in [0.15, 0.2) is 18.2 Å². The Hall–Kier alpha value is -1.69. The van der Waals surface area contributed by atoms with Crippen molar-refractivity contribution in [2.75, 3.05) is 25.6 Å². The summed E-state index contributed by atoms with van der Waals surface area (Å²) in [7, 11) is 1.59. The van der Waals surface area contributed by atoms with Crippen molar-refractivity contribution >= 4 is 11.4 Å². The third-order valence-electron chi connectivity index (χ3n) is 2.25. The van der Waals surface area contributed by atoms with Crippen LogP contribution < -0.4 is 5.32 Å². The van der Waals surface area contributed by atoms with Crippen molar-refractivity contribution in [2.45, 2.75) is 6.92 Å². The predicted octanol–water partition coefficient (Wildman–Crippen LogP) is 2.43. The molecule has 0 aliphatic carbocycles. The minimum atomic E-state index is -0.552. The van der Waals surface area contributed by atoms with Crippen LogP contribution in [-0.4, -0.2) is 25.2 Å². The molecule has 1 rings (SSSR count). The van der Waals surface area contributed by atoms with Crippen LogP contribution in [0.1, 0.15) is 6.92 Å². The van der Waals surface area contributed by atoms with E-state index in [1.165, 1.54) is 6.07 Å². The molecule has 1 N–H and O–H groups in total. The second-order valence-electron chi connectivity index (χ2n) is 3.86. The highest BCUT2D eigenvalue weighted by molar-refractivity contribution is 5.52. The molecule has 0 radical (unpaired) electrons. The number of non-ortho nitro benzene ring substituents is 1. The highest BCUT2D eigenvalue weighted by Crippen LogP contribution is 2.21. The number of hydrogen-bond acceptors (Lipinski definition) is 4. The molecular formula is C11H15FN2O3. The first-order chi connectivity index (χ1) is 8.04. The van der Waals surface area contributed by atoms with E-state index in [0.29, 0.717) is 13.2 Å². The summed E-state index contributed by atoms with van der Waals surface area (Å²) < 4.78 is 18.3. The fourth-order valence-electron chi connectivity index (χ4n) is 1.39. The van der Waals surface area contributed by atoms with Gasteiger partial charge in [-0.1, -0.05) is 6.92 Å². The van der Waals surface area contributed by atoms with Crippen molar-refractivity contribution in [3.63, 3.8) is 0 Å². The third-order valence-corrected chi connectivity index (χ3v) is 2.25. The van der Waals surface area contributed by atoms with Crippen LogP contribution in [0.2, 0.25) is 0 Å². The highest BCUT2D eigenvalue weighted by atomic mass is 19.1. The molecule has 0 aromatic heterocycles. The zero-order valence-corrected chi connectivity index (χ0v) is 9.77.